The molecular formula is C20H25N3O2. The maximum absolute atomic E-state index is 12.2. The summed E-state index contributed by atoms with van der Waals surface area (Å²) in [5.41, 5.74) is 9.04. The number of anilines is 1. The molecule has 2 N–H and O–H groups in total. The van der Waals surface area contributed by atoms with E-state index in [0.29, 0.717) is 26.2 Å². The molecule has 3 rings (SSSR count). The van der Waals surface area contributed by atoms with Gasteiger partial charge in [0.25, 0.3) is 0 Å². The first-order valence-electron chi connectivity index (χ1n) is 8.76. The number of piperazine rings is 1. The number of amides is 1. The Bertz CT molecular complexity index is 665. The molecule has 1 aliphatic heterocycles. The van der Waals surface area contributed by atoms with Crippen molar-refractivity contribution in [3.8, 4) is 0 Å². The quantitative estimate of drug-likeness (QED) is 0.910. The summed E-state index contributed by atoms with van der Waals surface area (Å²) in [5.74, 6) is 0. The third-order valence-electron chi connectivity index (χ3n) is 4.48. The van der Waals surface area contributed by atoms with Crippen molar-refractivity contribution >= 4 is 11.8 Å². The first-order valence-corrected chi connectivity index (χ1v) is 8.76. The first kappa shape index (κ1) is 17.3. The summed E-state index contributed by atoms with van der Waals surface area (Å²) in [6.07, 6.45) is 0.670. The topological polar surface area (TPSA) is 58.8 Å². The zero-order valence-corrected chi connectivity index (χ0v) is 14.4. The summed E-state index contributed by atoms with van der Waals surface area (Å²) in [6.45, 7) is 3.98. The molecule has 2 aromatic rings. The predicted molar refractivity (Wildman–Crippen MR) is 99.6 cm³/mol. The Kier molecular flexibility index (Phi) is 5.90. The van der Waals surface area contributed by atoms with E-state index in [9.17, 15) is 4.79 Å². The monoisotopic (exact) mass is 339 g/mol. The van der Waals surface area contributed by atoms with Gasteiger partial charge in [0.1, 0.15) is 6.61 Å². The van der Waals surface area contributed by atoms with Crippen LogP contribution < -0.4 is 10.6 Å². The maximum Gasteiger partial charge on any atom is 0.410 e. The summed E-state index contributed by atoms with van der Waals surface area (Å²) in [5, 5.41) is 0. The zero-order valence-electron chi connectivity index (χ0n) is 14.4. The van der Waals surface area contributed by atoms with Crippen molar-refractivity contribution in [2.24, 2.45) is 5.73 Å². The van der Waals surface area contributed by atoms with Crippen molar-refractivity contribution in [1.29, 1.82) is 0 Å². The highest BCUT2D eigenvalue weighted by atomic mass is 16.6. The molecule has 25 heavy (non-hydrogen) atoms. The fourth-order valence-electron chi connectivity index (χ4n) is 3.00. The molecule has 0 unspecified atom stereocenters. The average Bonchev–Trinajstić information content (AvgIpc) is 2.68. The number of carbonyl (C=O) groups excluding carboxylic acids is 1. The molecule has 5 heteroatoms. The van der Waals surface area contributed by atoms with E-state index in [0.717, 1.165) is 25.1 Å². The number of hydrogen-bond acceptors (Lipinski definition) is 4. The van der Waals surface area contributed by atoms with E-state index in [1.165, 1.54) is 11.3 Å². The van der Waals surface area contributed by atoms with Crippen molar-refractivity contribution < 1.29 is 9.53 Å². The number of rotatable bonds is 5. The SMILES string of the molecule is NCCc1ccc(N2CCN(C(=O)OCc3ccccc3)CC2)cc1. The number of carbonyl (C=O) groups is 1. The molecule has 0 aromatic heterocycles. The van der Waals surface area contributed by atoms with E-state index >= 15 is 0 Å². The number of nitrogens with zero attached hydrogens (tertiary/aromatic N) is 2. The Balaban J connectivity index is 1.47. The van der Waals surface area contributed by atoms with Gasteiger partial charge in [0.2, 0.25) is 0 Å². The van der Waals surface area contributed by atoms with Crippen LogP contribution in [0.4, 0.5) is 10.5 Å². The molecule has 0 atom stereocenters. The normalized spacial score (nSPS) is 14.4. The second kappa shape index (κ2) is 8.53. The van der Waals surface area contributed by atoms with Gasteiger partial charge < -0.3 is 20.3 Å². The molecule has 0 spiro atoms. The molecule has 1 heterocycles. The van der Waals surface area contributed by atoms with Crippen LogP contribution in [0.3, 0.4) is 0 Å². The van der Waals surface area contributed by atoms with Gasteiger partial charge in [-0.15, -0.1) is 0 Å². The second-order valence-electron chi connectivity index (χ2n) is 6.22. The maximum atomic E-state index is 12.2. The molecule has 5 nitrogen and oxygen atoms in total. The van der Waals surface area contributed by atoms with Gasteiger partial charge in [-0.05, 0) is 36.2 Å². The van der Waals surface area contributed by atoms with Crippen LogP contribution in [0.15, 0.2) is 54.6 Å². The number of hydrogen-bond donors (Lipinski definition) is 1. The van der Waals surface area contributed by atoms with Crippen molar-refractivity contribution in [2.75, 3.05) is 37.6 Å². The Hall–Kier alpha value is -2.53. The first-order chi connectivity index (χ1) is 12.3. The summed E-state index contributed by atoms with van der Waals surface area (Å²) >= 11 is 0. The molecule has 0 aliphatic carbocycles. The van der Waals surface area contributed by atoms with E-state index < -0.39 is 0 Å². The molecule has 2 aromatic carbocycles. The Morgan fingerprint density at radius 2 is 1.60 bits per heavy atom. The third-order valence-corrected chi connectivity index (χ3v) is 4.48. The van der Waals surface area contributed by atoms with Gasteiger partial charge in [0.15, 0.2) is 0 Å². The highest BCUT2D eigenvalue weighted by molar-refractivity contribution is 5.68. The van der Waals surface area contributed by atoms with E-state index in [1.807, 2.05) is 30.3 Å². The standard InChI is InChI=1S/C20H25N3O2/c21-11-10-17-6-8-19(9-7-17)22-12-14-23(15-13-22)20(24)25-16-18-4-2-1-3-5-18/h1-9H,10-16,21H2. The van der Waals surface area contributed by atoms with Crippen molar-refractivity contribution in [3.63, 3.8) is 0 Å². The van der Waals surface area contributed by atoms with Crippen LogP contribution >= 0.6 is 0 Å². The van der Waals surface area contributed by atoms with Crippen LogP contribution in [0.2, 0.25) is 0 Å². The molecule has 1 fully saturated rings. The summed E-state index contributed by atoms with van der Waals surface area (Å²) in [4.78, 5) is 16.3. The van der Waals surface area contributed by atoms with Gasteiger partial charge in [0.05, 0.1) is 0 Å². The van der Waals surface area contributed by atoms with Crippen LogP contribution in [0, 0.1) is 0 Å². The molecule has 1 saturated heterocycles. The van der Waals surface area contributed by atoms with E-state index in [4.69, 9.17) is 10.5 Å². The Morgan fingerprint density at radius 1 is 0.920 bits per heavy atom. The van der Waals surface area contributed by atoms with Gasteiger partial charge >= 0.3 is 6.09 Å². The lowest BCUT2D eigenvalue weighted by atomic mass is 10.1. The van der Waals surface area contributed by atoms with Gasteiger partial charge in [-0.25, -0.2) is 4.79 Å². The van der Waals surface area contributed by atoms with Gasteiger partial charge in [-0.2, -0.15) is 0 Å². The molecule has 0 radical (unpaired) electrons. The van der Waals surface area contributed by atoms with Crippen LogP contribution in [-0.2, 0) is 17.8 Å². The van der Waals surface area contributed by atoms with E-state index in [2.05, 4.69) is 29.2 Å². The number of benzene rings is 2. The Morgan fingerprint density at radius 3 is 2.24 bits per heavy atom. The fraction of sp³-hybridized carbons (Fsp3) is 0.350. The largest absolute Gasteiger partial charge is 0.445 e. The smallest absolute Gasteiger partial charge is 0.410 e. The minimum absolute atomic E-state index is 0.234. The van der Waals surface area contributed by atoms with Crippen LogP contribution in [0.25, 0.3) is 0 Å². The number of ether oxygens (including phenoxy) is 1. The van der Waals surface area contributed by atoms with Crippen LogP contribution in [0.1, 0.15) is 11.1 Å². The number of nitrogens with two attached hydrogens (primary N) is 1. The van der Waals surface area contributed by atoms with Crippen molar-refractivity contribution in [3.05, 3.63) is 65.7 Å². The lowest BCUT2D eigenvalue weighted by molar-refractivity contribution is 0.0942. The Labute approximate surface area is 149 Å². The average molecular weight is 339 g/mol. The van der Waals surface area contributed by atoms with Gasteiger partial charge in [0, 0.05) is 31.9 Å². The molecule has 132 valence electrons. The van der Waals surface area contributed by atoms with Crippen LogP contribution in [-0.4, -0.2) is 43.7 Å². The van der Waals surface area contributed by atoms with Gasteiger partial charge in [-0.3, -0.25) is 0 Å². The molecule has 1 amide bonds. The minimum Gasteiger partial charge on any atom is -0.445 e. The van der Waals surface area contributed by atoms with Crippen LogP contribution in [0.5, 0.6) is 0 Å². The summed E-state index contributed by atoms with van der Waals surface area (Å²) in [6, 6.07) is 18.3. The van der Waals surface area contributed by atoms with Gasteiger partial charge in [-0.1, -0.05) is 42.5 Å². The minimum atomic E-state index is -0.234. The van der Waals surface area contributed by atoms with Crippen molar-refractivity contribution in [2.45, 2.75) is 13.0 Å². The highest BCUT2D eigenvalue weighted by Gasteiger charge is 2.22. The highest BCUT2D eigenvalue weighted by Crippen LogP contribution is 2.18. The zero-order chi connectivity index (χ0) is 17.5. The van der Waals surface area contributed by atoms with E-state index in [-0.39, 0.29) is 6.09 Å². The lowest BCUT2D eigenvalue weighted by Crippen LogP contribution is -2.48. The second-order valence-corrected chi connectivity index (χ2v) is 6.22. The molecule has 0 saturated carbocycles. The molecule has 0 bridgehead atoms. The fourth-order valence-corrected chi connectivity index (χ4v) is 3.00. The third kappa shape index (κ3) is 4.73. The van der Waals surface area contributed by atoms with Crippen molar-refractivity contribution in [1.82, 2.24) is 4.90 Å². The predicted octanol–water partition coefficient (Wildman–Crippen LogP) is 2.65. The summed E-state index contributed by atoms with van der Waals surface area (Å²) < 4.78 is 5.41. The molecule has 1 aliphatic rings. The lowest BCUT2D eigenvalue weighted by Gasteiger charge is -2.35. The molecular weight excluding hydrogens is 314 g/mol. The van der Waals surface area contributed by atoms with E-state index in [1.54, 1.807) is 4.90 Å². The summed E-state index contributed by atoms with van der Waals surface area (Å²) in [7, 11) is 0.